The lowest BCUT2D eigenvalue weighted by atomic mass is 10.0. The summed E-state index contributed by atoms with van der Waals surface area (Å²) < 4.78 is 0. The van der Waals surface area contributed by atoms with E-state index in [1.54, 1.807) is 0 Å². The van der Waals surface area contributed by atoms with Crippen LogP contribution in [0.25, 0.3) is 0 Å². The quantitative estimate of drug-likeness (QED) is 0.765. The van der Waals surface area contributed by atoms with E-state index in [-0.39, 0.29) is 6.04 Å². The zero-order chi connectivity index (χ0) is 10.9. The number of rotatable bonds is 2. The first kappa shape index (κ1) is 11.5. The Morgan fingerprint density at radius 2 is 1.93 bits per heavy atom. The molecule has 0 aromatic carbocycles. The highest BCUT2D eigenvalue weighted by molar-refractivity contribution is 6.30. The fourth-order valence-corrected chi connectivity index (χ4v) is 1.85. The molecular weight excluding hydrogens is 196 g/mol. The van der Waals surface area contributed by atoms with E-state index < -0.39 is 0 Å². The predicted molar refractivity (Wildman–Crippen MR) is 60.7 cm³/mol. The minimum absolute atomic E-state index is 0.0603. The molecule has 1 rings (SSSR count). The van der Waals surface area contributed by atoms with Crippen LogP contribution < -0.4 is 5.73 Å². The van der Waals surface area contributed by atoms with Gasteiger partial charge in [-0.2, -0.15) is 0 Å². The summed E-state index contributed by atoms with van der Waals surface area (Å²) in [5.41, 5.74) is 8.93. The average Bonchev–Trinajstić information content (AvgIpc) is 2.07. The van der Waals surface area contributed by atoms with Crippen LogP contribution in [0.3, 0.4) is 0 Å². The third-order valence-corrected chi connectivity index (χ3v) is 2.57. The van der Waals surface area contributed by atoms with E-state index in [0.29, 0.717) is 11.1 Å². The largest absolute Gasteiger partial charge is 0.324 e. The second-order valence-electron chi connectivity index (χ2n) is 4.01. The highest BCUT2D eigenvalue weighted by atomic mass is 35.5. The smallest absolute Gasteiger partial charge is 0.134 e. The molecule has 2 nitrogen and oxygen atoms in total. The summed E-state index contributed by atoms with van der Waals surface area (Å²) in [6, 6.07) is 1.98. The zero-order valence-electron chi connectivity index (χ0n) is 9.13. The van der Waals surface area contributed by atoms with Crippen molar-refractivity contribution in [1.29, 1.82) is 0 Å². The molecule has 0 spiro atoms. The van der Waals surface area contributed by atoms with Gasteiger partial charge < -0.3 is 5.73 Å². The molecular formula is C11H17ClN2. The molecule has 0 aliphatic rings. The van der Waals surface area contributed by atoms with Gasteiger partial charge in [-0.1, -0.05) is 25.4 Å². The molecule has 1 atom stereocenters. The second kappa shape index (κ2) is 4.28. The second-order valence-corrected chi connectivity index (χ2v) is 4.37. The van der Waals surface area contributed by atoms with Crippen molar-refractivity contribution in [3.8, 4) is 0 Å². The maximum atomic E-state index is 6.05. The van der Waals surface area contributed by atoms with Crippen LogP contribution in [0, 0.1) is 6.92 Å². The molecule has 1 aromatic heterocycles. The number of halogens is 1. The summed E-state index contributed by atoms with van der Waals surface area (Å²) in [6.45, 7) is 8.18. The molecule has 0 aliphatic heterocycles. The van der Waals surface area contributed by atoms with Crippen molar-refractivity contribution in [2.75, 3.05) is 0 Å². The molecule has 2 N–H and O–H groups in total. The molecule has 0 bridgehead atoms. The van der Waals surface area contributed by atoms with Gasteiger partial charge in [-0.25, -0.2) is 4.98 Å². The molecule has 0 saturated heterocycles. The van der Waals surface area contributed by atoms with Gasteiger partial charge >= 0.3 is 0 Å². The van der Waals surface area contributed by atoms with Crippen LogP contribution in [0.1, 0.15) is 49.6 Å². The number of aromatic nitrogens is 1. The maximum Gasteiger partial charge on any atom is 0.134 e. The normalized spacial score (nSPS) is 13.4. The van der Waals surface area contributed by atoms with Gasteiger partial charge in [0, 0.05) is 17.3 Å². The number of hydrogen-bond acceptors (Lipinski definition) is 2. The summed E-state index contributed by atoms with van der Waals surface area (Å²) in [7, 11) is 0. The van der Waals surface area contributed by atoms with E-state index in [4.69, 9.17) is 17.3 Å². The van der Waals surface area contributed by atoms with Gasteiger partial charge in [-0.3, -0.25) is 0 Å². The van der Waals surface area contributed by atoms with E-state index >= 15 is 0 Å². The lowest BCUT2D eigenvalue weighted by molar-refractivity contribution is 0.777. The van der Waals surface area contributed by atoms with Crippen LogP contribution in [-0.2, 0) is 0 Å². The average molecular weight is 213 g/mol. The standard InChI is InChI=1S/C11H17ClN2/c1-6(2)10-7(3)5-9(8(4)13)11(12)14-10/h5-6,8H,13H2,1-4H3/t8-/m0/s1. The van der Waals surface area contributed by atoms with Gasteiger partial charge in [-0.05, 0) is 31.4 Å². The van der Waals surface area contributed by atoms with Gasteiger partial charge in [-0.15, -0.1) is 0 Å². The lowest BCUT2D eigenvalue weighted by Crippen LogP contribution is -2.09. The Hall–Kier alpha value is -0.600. The molecule has 3 heteroatoms. The Kier molecular flexibility index (Phi) is 3.51. The van der Waals surface area contributed by atoms with Crippen LogP contribution in [0.2, 0.25) is 5.15 Å². The number of hydrogen-bond donors (Lipinski definition) is 1. The van der Waals surface area contributed by atoms with E-state index in [0.717, 1.165) is 16.8 Å². The molecule has 0 saturated carbocycles. The minimum atomic E-state index is -0.0603. The molecule has 0 amide bonds. The first-order valence-corrected chi connectivity index (χ1v) is 5.23. The summed E-state index contributed by atoms with van der Waals surface area (Å²) >= 11 is 6.05. The maximum absolute atomic E-state index is 6.05. The van der Waals surface area contributed by atoms with Gasteiger partial charge in [0.2, 0.25) is 0 Å². The van der Waals surface area contributed by atoms with Crippen LogP contribution >= 0.6 is 11.6 Å². The fraction of sp³-hybridized carbons (Fsp3) is 0.545. The number of pyridine rings is 1. The van der Waals surface area contributed by atoms with Crippen LogP contribution in [0.4, 0.5) is 0 Å². The van der Waals surface area contributed by atoms with E-state index in [1.165, 1.54) is 0 Å². The third-order valence-electron chi connectivity index (χ3n) is 2.27. The first-order valence-electron chi connectivity index (χ1n) is 4.86. The number of nitrogens with two attached hydrogens (primary N) is 1. The summed E-state index contributed by atoms with van der Waals surface area (Å²) in [5.74, 6) is 0.398. The Morgan fingerprint density at radius 3 is 2.36 bits per heavy atom. The van der Waals surface area contributed by atoms with Gasteiger partial charge in [0.25, 0.3) is 0 Å². The van der Waals surface area contributed by atoms with Crippen molar-refractivity contribution < 1.29 is 0 Å². The molecule has 0 radical (unpaired) electrons. The predicted octanol–water partition coefficient (Wildman–Crippen LogP) is 3.19. The van der Waals surface area contributed by atoms with Crippen LogP contribution in [0.15, 0.2) is 6.07 Å². The van der Waals surface area contributed by atoms with Crippen molar-refractivity contribution >= 4 is 11.6 Å². The molecule has 1 heterocycles. The lowest BCUT2D eigenvalue weighted by Gasteiger charge is -2.14. The molecule has 0 unspecified atom stereocenters. The van der Waals surface area contributed by atoms with Crippen molar-refractivity contribution in [2.45, 2.75) is 39.7 Å². The number of aryl methyl sites for hydroxylation is 1. The zero-order valence-corrected chi connectivity index (χ0v) is 9.89. The first-order chi connectivity index (χ1) is 6.43. The van der Waals surface area contributed by atoms with Crippen LogP contribution in [-0.4, -0.2) is 4.98 Å². The van der Waals surface area contributed by atoms with Crippen molar-refractivity contribution in [1.82, 2.24) is 4.98 Å². The Bertz CT molecular complexity index is 299. The van der Waals surface area contributed by atoms with Crippen LogP contribution in [0.5, 0.6) is 0 Å². The minimum Gasteiger partial charge on any atom is -0.324 e. The molecule has 0 aliphatic carbocycles. The van der Waals surface area contributed by atoms with E-state index in [2.05, 4.69) is 18.8 Å². The summed E-state index contributed by atoms with van der Waals surface area (Å²) in [6.07, 6.45) is 0. The van der Waals surface area contributed by atoms with Gasteiger partial charge in [0.15, 0.2) is 0 Å². The highest BCUT2D eigenvalue weighted by Crippen LogP contribution is 2.25. The van der Waals surface area contributed by atoms with Gasteiger partial charge in [0.05, 0.1) is 0 Å². The fourth-order valence-electron chi connectivity index (χ4n) is 1.53. The molecule has 78 valence electrons. The highest BCUT2D eigenvalue weighted by Gasteiger charge is 2.12. The third kappa shape index (κ3) is 2.25. The van der Waals surface area contributed by atoms with Crippen molar-refractivity contribution in [3.63, 3.8) is 0 Å². The summed E-state index contributed by atoms with van der Waals surface area (Å²) in [4.78, 5) is 4.38. The Morgan fingerprint density at radius 1 is 1.36 bits per heavy atom. The Labute approximate surface area is 90.5 Å². The molecule has 14 heavy (non-hydrogen) atoms. The topological polar surface area (TPSA) is 38.9 Å². The molecule has 0 fully saturated rings. The molecule has 1 aromatic rings. The van der Waals surface area contributed by atoms with E-state index in [1.807, 2.05) is 19.9 Å². The SMILES string of the molecule is Cc1cc([C@H](C)N)c(Cl)nc1C(C)C. The van der Waals surface area contributed by atoms with E-state index in [9.17, 15) is 0 Å². The van der Waals surface area contributed by atoms with Crippen molar-refractivity contribution in [3.05, 3.63) is 28.0 Å². The Balaban J connectivity index is 3.24. The number of nitrogens with zero attached hydrogens (tertiary/aromatic N) is 1. The van der Waals surface area contributed by atoms with Crippen molar-refractivity contribution in [2.24, 2.45) is 5.73 Å². The monoisotopic (exact) mass is 212 g/mol. The van der Waals surface area contributed by atoms with Gasteiger partial charge in [0.1, 0.15) is 5.15 Å². The summed E-state index contributed by atoms with van der Waals surface area (Å²) in [5, 5.41) is 0.536.